The first-order chi connectivity index (χ1) is 16.3. The van der Waals surface area contributed by atoms with Crippen LogP contribution in [0.15, 0.2) is 76.9 Å². The third-order valence-corrected chi connectivity index (χ3v) is 5.39. The van der Waals surface area contributed by atoms with Gasteiger partial charge in [-0.1, -0.05) is 30.3 Å². The van der Waals surface area contributed by atoms with Crippen LogP contribution < -0.4 is 10.6 Å². The molecule has 0 spiro atoms. The van der Waals surface area contributed by atoms with E-state index in [1.54, 1.807) is 36.4 Å². The van der Waals surface area contributed by atoms with Gasteiger partial charge >= 0.3 is 5.97 Å². The monoisotopic (exact) mass is 524 g/mol. The van der Waals surface area contributed by atoms with Gasteiger partial charge in [0.25, 0.3) is 11.8 Å². The van der Waals surface area contributed by atoms with Crippen molar-refractivity contribution < 1.29 is 29.3 Å². The smallest absolute Gasteiger partial charge is 0.354 e. The molecule has 0 heterocycles. The summed E-state index contributed by atoms with van der Waals surface area (Å²) in [6.07, 6.45) is 1.30. The number of para-hydroxylation sites is 1. The molecule has 0 aliphatic rings. The Kier molecular flexibility index (Phi) is 8.05. The number of benzene rings is 3. The van der Waals surface area contributed by atoms with Crippen LogP contribution in [0.1, 0.15) is 31.8 Å². The molecule has 0 aliphatic heterocycles. The average Bonchev–Trinajstić information content (AvgIpc) is 2.82. The van der Waals surface area contributed by atoms with Crippen molar-refractivity contribution in [3.63, 3.8) is 0 Å². The van der Waals surface area contributed by atoms with Crippen LogP contribution in [0, 0.1) is 0 Å². The van der Waals surface area contributed by atoms with Crippen LogP contribution in [0.2, 0.25) is 0 Å². The molecule has 3 rings (SSSR count). The molecule has 0 fully saturated rings. The molecule has 9 heteroatoms. The lowest BCUT2D eigenvalue weighted by Crippen LogP contribution is -2.28. The highest BCUT2D eigenvalue weighted by molar-refractivity contribution is 9.10. The van der Waals surface area contributed by atoms with Gasteiger partial charge < -0.3 is 25.6 Å². The summed E-state index contributed by atoms with van der Waals surface area (Å²) < 4.78 is 5.06. The quantitative estimate of drug-likeness (QED) is 0.275. The number of amides is 2. The van der Waals surface area contributed by atoms with Gasteiger partial charge in [0, 0.05) is 22.1 Å². The Labute approximate surface area is 204 Å². The summed E-state index contributed by atoms with van der Waals surface area (Å²) in [5.41, 5.74) is 1.36. The van der Waals surface area contributed by atoms with Crippen LogP contribution in [-0.2, 0) is 16.1 Å². The number of hydrogen-bond donors (Lipinski definition) is 4. The maximum atomic E-state index is 12.8. The molecule has 0 saturated carbocycles. The second kappa shape index (κ2) is 11.2. The number of phenolic OH excluding ortho intramolecular Hbond substituents is 2. The second-order valence-corrected chi connectivity index (χ2v) is 7.96. The zero-order valence-corrected chi connectivity index (χ0v) is 19.6. The van der Waals surface area contributed by atoms with E-state index >= 15 is 0 Å². The lowest BCUT2D eigenvalue weighted by Gasteiger charge is -2.11. The van der Waals surface area contributed by atoms with Crippen LogP contribution in [0.5, 0.6) is 11.5 Å². The molecular formula is C25H21BrN2O6. The van der Waals surface area contributed by atoms with Gasteiger partial charge in [-0.05, 0) is 64.0 Å². The van der Waals surface area contributed by atoms with E-state index in [0.29, 0.717) is 15.6 Å². The van der Waals surface area contributed by atoms with Gasteiger partial charge in [0.2, 0.25) is 0 Å². The number of ether oxygens (including phenoxy) is 1. The van der Waals surface area contributed by atoms with E-state index in [9.17, 15) is 24.6 Å². The Bertz CT molecular complexity index is 1270. The lowest BCUT2D eigenvalue weighted by atomic mass is 10.1. The van der Waals surface area contributed by atoms with Gasteiger partial charge in [0.05, 0.1) is 12.7 Å². The Morgan fingerprint density at radius 3 is 2.41 bits per heavy atom. The molecule has 174 valence electrons. The van der Waals surface area contributed by atoms with Gasteiger partial charge in [0.1, 0.15) is 17.2 Å². The SMILES string of the molecule is COC(=O)/C(=C/c1ccccc1O)NC(=O)c1ccc(C(=O)NCc2cccc(O)c2)cc1Br. The molecule has 0 aromatic heterocycles. The van der Waals surface area contributed by atoms with Gasteiger partial charge in [-0.2, -0.15) is 0 Å². The fraction of sp³-hybridized carbons (Fsp3) is 0.0800. The third-order valence-electron chi connectivity index (χ3n) is 4.73. The molecule has 0 aliphatic carbocycles. The highest BCUT2D eigenvalue weighted by Crippen LogP contribution is 2.21. The summed E-state index contributed by atoms with van der Waals surface area (Å²) in [4.78, 5) is 37.5. The van der Waals surface area contributed by atoms with Crippen LogP contribution in [0.3, 0.4) is 0 Å². The molecule has 0 saturated heterocycles. The molecule has 0 bridgehead atoms. The number of esters is 1. The number of hydrogen-bond acceptors (Lipinski definition) is 6. The molecule has 3 aromatic carbocycles. The van der Waals surface area contributed by atoms with E-state index in [2.05, 4.69) is 26.6 Å². The standard InChI is InChI=1S/C25H21BrN2O6/c1-34-25(33)21(13-16-6-2-3-8-22(16)30)28-24(32)19-10-9-17(12-20(19)26)23(31)27-14-15-5-4-7-18(29)11-15/h2-13,29-30H,14H2,1H3,(H,27,31)(H,28,32)/b21-13-. The molecule has 34 heavy (non-hydrogen) atoms. The van der Waals surface area contributed by atoms with Crippen molar-refractivity contribution in [2.45, 2.75) is 6.54 Å². The number of methoxy groups -OCH3 is 1. The van der Waals surface area contributed by atoms with Crippen molar-refractivity contribution in [2.75, 3.05) is 7.11 Å². The molecule has 4 N–H and O–H groups in total. The second-order valence-electron chi connectivity index (χ2n) is 7.11. The molecule has 3 aromatic rings. The summed E-state index contributed by atoms with van der Waals surface area (Å²) in [7, 11) is 1.17. The molecule has 0 atom stereocenters. The van der Waals surface area contributed by atoms with Crippen molar-refractivity contribution >= 4 is 39.8 Å². The van der Waals surface area contributed by atoms with Crippen LogP contribution >= 0.6 is 15.9 Å². The Morgan fingerprint density at radius 2 is 1.74 bits per heavy atom. The minimum Gasteiger partial charge on any atom is -0.508 e. The average molecular weight is 525 g/mol. The maximum Gasteiger partial charge on any atom is 0.354 e. The maximum absolute atomic E-state index is 12.8. The topological polar surface area (TPSA) is 125 Å². The molecule has 8 nitrogen and oxygen atoms in total. The Morgan fingerprint density at radius 1 is 0.971 bits per heavy atom. The highest BCUT2D eigenvalue weighted by atomic mass is 79.9. The largest absolute Gasteiger partial charge is 0.508 e. The molecule has 0 unspecified atom stereocenters. The van der Waals surface area contributed by atoms with E-state index < -0.39 is 11.9 Å². The Hall–Kier alpha value is -4.11. The van der Waals surface area contributed by atoms with E-state index in [-0.39, 0.29) is 35.2 Å². The predicted octanol–water partition coefficient (Wildman–Crippen LogP) is 3.73. The summed E-state index contributed by atoms with van der Waals surface area (Å²) in [5, 5.41) is 24.7. The van der Waals surface area contributed by atoms with Crippen molar-refractivity contribution in [1.29, 1.82) is 0 Å². The lowest BCUT2D eigenvalue weighted by molar-refractivity contribution is -0.136. The number of phenols is 2. The number of carbonyl (C=O) groups is 3. The number of halogens is 1. The first-order valence-corrected chi connectivity index (χ1v) is 10.8. The van der Waals surface area contributed by atoms with Crippen LogP contribution in [-0.4, -0.2) is 35.1 Å². The van der Waals surface area contributed by atoms with Crippen LogP contribution in [0.4, 0.5) is 0 Å². The number of rotatable bonds is 7. The minimum atomic E-state index is -0.796. The zero-order chi connectivity index (χ0) is 24.7. The van der Waals surface area contributed by atoms with E-state index in [1.165, 1.54) is 43.5 Å². The summed E-state index contributed by atoms with van der Waals surface area (Å²) >= 11 is 3.29. The van der Waals surface area contributed by atoms with Gasteiger partial charge in [-0.3, -0.25) is 9.59 Å². The fourth-order valence-electron chi connectivity index (χ4n) is 3.00. The number of aromatic hydroxyl groups is 2. The van der Waals surface area contributed by atoms with E-state index in [4.69, 9.17) is 4.74 Å². The molecular weight excluding hydrogens is 504 g/mol. The van der Waals surface area contributed by atoms with Gasteiger partial charge in [-0.15, -0.1) is 0 Å². The van der Waals surface area contributed by atoms with Crippen molar-refractivity contribution in [3.8, 4) is 11.5 Å². The molecule has 2 amide bonds. The summed E-state index contributed by atoms with van der Waals surface area (Å²) in [5.74, 6) is -1.75. The fourth-order valence-corrected chi connectivity index (χ4v) is 3.56. The number of nitrogens with one attached hydrogen (secondary N) is 2. The minimum absolute atomic E-state index is 0.0691. The first kappa shape index (κ1) is 24.5. The van der Waals surface area contributed by atoms with E-state index in [0.717, 1.165) is 5.56 Å². The summed E-state index contributed by atoms with van der Waals surface area (Å²) in [6.45, 7) is 0.215. The van der Waals surface area contributed by atoms with Gasteiger partial charge in [0.15, 0.2) is 0 Å². The summed E-state index contributed by atoms with van der Waals surface area (Å²) in [6, 6.07) is 17.2. The van der Waals surface area contributed by atoms with Crippen molar-refractivity contribution in [2.24, 2.45) is 0 Å². The van der Waals surface area contributed by atoms with Gasteiger partial charge in [-0.25, -0.2) is 4.79 Å². The highest BCUT2D eigenvalue weighted by Gasteiger charge is 2.18. The van der Waals surface area contributed by atoms with Crippen LogP contribution in [0.25, 0.3) is 6.08 Å². The third kappa shape index (κ3) is 6.23. The van der Waals surface area contributed by atoms with E-state index in [1.807, 2.05) is 0 Å². The van der Waals surface area contributed by atoms with Crippen molar-refractivity contribution in [3.05, 3.63) is 99.2 Å². The zero-order valence-electron chi connectivity index (χ0n) is 18.0. The Balaban J connectivity index is 1.74. The predicted molar refractivity (Wildman–Crippen MR) is 129 cm³/mol. The molecule has 0 radical (unpaired) electrons. The van der Waals surface area contributed by atoms with Crippen molar-refractivity contribution in [1.82, 2.24) is 10.6 Å². The first-order valence-electron chi connectivity index (χ1n) is 10.0. The number of carbonyl (C=O) groups excluding carboxylic acids is 3. The normalized spacial score (nSPS) is 10.9.